The molecule has 0 bridgehead atoms. The maximum atomic E-state index is 13.8. The van der Waals surface area contributed by atoms with Gasteiger partial charge in [-0.25, -0.2) is 13.2 Å². The van der Waals surface area contributed by atoms with E-state index in [9.17, 15) is 18.0 Å². The smallest absolute Gasteiger partial charge is 0.250 e. The van der Waals surface area contributed by atoms with Crippen molar-refractivity contribution in [1.82, 2.24) is 0 Å². The van der Waals surface area contributed by atoms with E-state index in [0.717, 1.165) is 12.1 Å². The lowest BCUT2D eigenvalue weighted by molar-refractivity contribution is 0.100. The van der Waals surface area contributed by atoms with Crippen LogP contribution in [0, 0.1) is 24.4 Å². The van der Waals surface area contributed by atoms with Crippen molar-refractivity contribution >= 4 is 17.3 Å². The number of anilines is 2. The molecule has 3 nitrogen and oxygen atoms in total. The fourth-order valence-electron chi connectivity index (χ4n) is 1.73. The van der Waals surface area contributed by atoms with Crippen molar-refractivity contribution in [3.05, 3.63) is 58.9 Å². The van der Waals surface area contributed by atoms with Gasteiger partial charge in [0.1, 0.15) is 5.82 Å². The fourth-order valence-corrected chi connectivity index (χ4v) is 1.73. The summed E-state index contributed by atoms with van der Waals surface area (Å²) in [6.07, 6.45) is 0. The summed E-state index contributed by atoms with van der Waals surface area (Å²) >= 11 is 0. The van der Waals surface area contributed by atoms with E-state index in [2.05, 4.69) is 5.32 Å². The number of aryl methyl sites for hydroxylation is 1. The topological polar surface area (TPSA) is 55.1 Å². The Morgan fingerprint density at radius 3 is 2.04 bits per heavy atom. The van der Waals surface area contributed by atoms with E-state index in [0.29, 0.717) is 5.56 Å². The molecule has 0 aliphatic carbocycles. The van der Waals surface area contributed by atoms with Crippen LogP contribution in [0.2, 0.25) is 0 Å². The summed E-state index contributed by atoms with van der Waals surface area (Å²) in [7, 11) is 0. The van der Waals surface area contributed by atoms with Crippen LogP contribution in [0.1, 0.15) is 43.6 Å². The van der Waals surface area contributed by atoms with Crippen LogP contribution in [-0.2, 0) is 0 Å². The summed E-state index contributed by atoms with van der Waals surface area (Å²) in [6, 6.07) is 6.00. The van der Waals surface area contributed by atoms with Crippen LogP contribution < -0.4 is 11.1 Å². The van der Waals surface area contributed by atoms with Gasteiger partial charge in [0.15, 0.2) is 11.6 Å². The fraction of sp³-hybridized carbons (Fsp3) is 0.278. The van der Waals surface area contributed by atoms with Gasteiger partial charge in [-0.1, -0.05) is 33.8 Å². The molecule has 0 atom stereocenters. The van der Waals surface area contributed by atoms with E-state index < -0.39 is 29.0 Å². The molecule has 0 aliphatic rings. The Morgan fingerprint density at radius 1 is 0.958 bits per heavy atom. The minimum absolute atomic E-state index is 0.0809. The van der Waals surface area contributed by atoms with Crippen LogP contribution >= 0.6 is 0 Å². The Bertz CT molecular complexity index is 688. The van der Waals surface area contributed by atoms with Gasteiger partial charge < -0.3 is 11.1 Å². The Hall–Kier alpha value is -2.50. The molecule has 0 saturated carbocycles. The van der Waals surface area contributed by atoms with Crippen LogP contribution in [0.3, 0.4) is 0 Å². The molecule has 24 heavy (non-hydrogen) atoms. The Balaban J connectivity index is 0.00000123. The number of carbonyl (C=O) groups excluding carboxylic acids is 1. The highest BCUT2D eigenvalue weighted by Gasteiger charge is 2.18. The molecule has 0 aliphatic heterocycles. The average molecular weight is 340 g/mol. The molecule has 0 spiro atoms. The third-order valence-corrected chi connectivity index (χ3v) is 2.74. The number of benzene rings is 2. The SMILES string of the molecule is CC.CC.Cc1ccc(Nc2c(C(N)=O)ccc(F)c2F)c(F)c1. The molecule has 132 valence electrons. The van der Waals surface area contributed by atoms with Gasteiger partial charge in [0, 0.05) is 0 Å². The maximum absolute atomic E-state index is 13.8. The molecule has 0 heterocycles. The minimum atomic E-state index is -1.29. The van der Waals surface area contributed by atoms with E-state index in [1.54, 1.807) is 13.0 Å². The number of primary amides is 1. The van der Waals surface area contributed by atoms with Gasteiger partial charge >= 0.3 is 0 Å². The third-order valence-electron chi connectivity index (χ3n) is 2.74. The summed E-state index contributed by atoms with van der Waals surface area (Å²) in [5.74, 6) is -4.05. The molecule has 2 aromatic rings. The van der Waals surface area contributed by atoms with Gasteiger partial charge in [0.2, 0.25) is 0 Å². The number of nitrogens with one attached hydrogen (secondary N) is 1. The van der Waals surface area contributed by atoms with Crippen LogP contribution in [0.25, 0.3) is 0 Å². The molecule has 0 aromatic heterocycles. The van der Waals surface area contributed by atoms with E-state index in [4.69, 9.17) is 5.73 Å². The van der Waals surface area contributed by atoms with Gasteiger partial charge in [0.25, 0.3) is 5.91 Å². The standard InChI is InChI=1S/C14H11F3N2O.2C2H6/c1-7-2-5-11(10(16)6-7)19-13-8(14(18)20)3-4-9(15)12(13)17;2*1-2/h2-6,19H,1H3,(H2,18,20);2*1-2H3. The molecule has 2 rings (SSSR count). The molecular formula is C18H23F3N2O. The number of nitrogens with two attached hydrogens (primary N) is 1. The summed E-state index contributed by atoms with van der Waals surface area (Å²) < 4.78 is 40.7. The molecule has 2 aromatic carbocycles. The number of hydrogen-bond acceptors (Lipinski definition) is 2. The minimum Gasteiger partial charge on any atom is -0.366 e. The Labute approximate surface area is 140 Å². The van der Waals surface area contributed by atoms with Gasteiger partial charge in [-0.3, -0.25) is 4.79 Å². The predicted octanol–water partition coefficient (Wildman–Crippen LogP) is 5.31. The van der Waals surface area contributed by atoms with Crippen molar-refractivity contribution in [2.24, 2.45) is 5.73 Å². The first-order chi connectivity index (χ1) is 11.4. The van der Waals surface area contributed by atoms with E-state index in [-0.39, 0.29) is 11.3 Å². The number of carbonyl (C=O) groups is 1. The number of rotatable bonds is 3. The van der Waals surface area contributed by atoms with Crippen molar-refractivity contribution in [3.63, 3.8) is 0 Å². The molecule has 0 radical (unpaired) electrons. The van der Waals surface area contributed by atoms with Crippen molar-refractivity contribution in [3.8, 4) is 0 Å². The van der Waals surface area contributed by atoms with Crippen LogP contribution in [0.4, 0.5) is 24.5 Å². The second-order valence-electron chi connectivity index (χ2n) is 4.26. The average Bonchev–Trinajstić information content (AvgIpc) is 2.57. The monoisotopic (exact) mass is 340 g/mol. The van der Waals surface area contributed by atoms with E-state index in [1.165, 1.54) is 12.1 Å². The first-order valence-corrected chi connectivity index (χ1v) is 7.71. The molecule has 3 N–H and O–H groups in total. The quantitative estimate of drug-likeness (QED) is 0.796. The van der Waals surface area contributed by atoms with Crippen LogP contribution in [-0.4, -0.2) is 5.91 Å². The van der Waals surface area contributed by atoms with E-state index in [1.807, 2.05) is 27.7 Å². The largest absolute Gasteiger partial charge is 0.366 e. The molecule has 1 amide bonds. The van der Waals surface area contributed by atoms with Crippen molar-refractivity contribution < 1.29 is 18.0 Å². The van der Waals surface area contributed by atoms with E-state index >= 15 is 0 Å². The second-order valence-corrected chi connectivity index (χ2v) is 4.26. The maximum Gasteiger partial charge on any atom is 0.250 e. The summed E-state index contributed by atoms with van der Waals surface area (Å²) in [4.78, 5) is 11.2. The van der Waals surface area contributed by atoms with Crippen molar-refractivity contribution in [1.29, 1.82) is 0 Å². The number of halogens is 3. The van der Waals surface area contributed by atoms with Gasteiger partial charge in [-0.15, -0.1) is 0 Å². The lowest BCUT2D eigenvalue weighted by Crippen LogP contribution is -2.15. The van der Waals surface area contributed by atoms with Crippen molar-refractivity contribution in [2.75, 3.05) is 5.32 Å². The molecule has 0 saturated heterocycles. The zero-order chi connectivity index (χ0) is 18.9. The zero-order valence-corrected chi connectivity index (χ0v) is 14.5. The Morgan fingerprint density at radius 2 is 1.54 bits per heavy atom. The molecule has 0 fully saturated rings. The van der Waals surface area contributed by atoms with Gasteiger partial charge in [-0.2, -0.15) is 0 Å². The van der Waals surface area contributed by atoms with Crippen LogP contribution in [0.5, 0.6) is 0 Å². The molecule has 0 unspecified atom stereocenters. The Kier molecular flexibility index (Phi) is 9.23. The predicted molar refractivity (Wildman–Crippen MR) is 92.0 cm³/mol. The third kappa shape index (κ3) is 5.30. The molecule has 6 heteroatoms. The van der Waals surface area contributed by atoms with Gasteiger partial charge in [0.05, 0.1) is 16.9 Å². The lowest BCUT2D eigenvalue weighted by atomic mass is 10.1. The highest BCUT2D eigenvalue weighted by Crippen LogP contribution is 2.27. The highest BCUT2D eigenvalue weighted by atomic mass is 19.2. The normalized spacial score (nSPS) is 9.17. The summed E-state index contributed by atoms with van der Waals surface area (Å²) in [5, 5.41) is 2.37. The number of amides is 1. The first-order valence-electron chi connectivity index (χ1n) is 7.71. The van der Waals surface area contributed by atoms with Crippen molar-refractivity contribution in [2.45, 2.75) is 34.6 Å². The number of hydrogen-bond donors (Lipinski definition) is 2. The second kappa shape index (κ2) is 10.3. The van der Waals surface area contributed by atoms with Gasteiger partial charge in [-0.05, 0) is 36.8 Å². The van der Waals surface area contributed by atoms with Crippen LogP contribution in [0.15, 0.2) is 30.3 Å². The highest BCUT2D eigenvalue weighted by molar-refractivity contribution is 5.99. The first kappa shape index (κ1) is 21.5. The molecular weight excluding hydrogens is 317 g/mol. The summed E-state index contributed by atoms with van der Waals surface area (Å²) in [5.41, 5.74) is 4.93. The zero-order valence-electron chi connectivity index (χ0n) is 14.5. The lowest BCUT2D eigenvalue weighted by Gasteiger charge is -2.12. The summed E-state index contributed by atoms with van der Waals surface area (Å²) in [6.45, 7) is 9.68.